The Morgan fingerprint density at radius 3 is 2.76 bits per heavy atom. The largest absolute Gasteiger partial charge is 0.384 e. The third-order valence-corrected chi connectivity index (χ3v) is 5.65. The van der Waals surface area contributed by atoms with Gasteiger partial charge in [-0.1, -0.05) is 11.8 Å². The van der Waals surface area contributed by atoms with Gasteiger partial charge in [0.05, 0.1) is 0 Å². The van der Waals surface area contributed by atoms with Gasteiger partial charge in [-0.05, 0) is 43.1 Å². The van der Waals surface area contributed by atoms with Crippen molar-refractivity contribution in [2.75, 3.05) is 13.2 Å². The normalized spacial score (nSPS) is 19.7. The van der Waals surface area contributed by atoms with E-state index in [2.05, 4.69) is 21.5 Å². The fourth-order valence-electron chi connectivity index (χ4n) is 2.68. The number of hydrogen-bond acceptors (Lipinski definition) is 4. The number of pyridine rings is 1. The van der Waals surface area contributed by atoms with Gasteiger partial charge in [-0.25, -0.2) is 13.1 Å². The average molecular weight is 306 g/mol. The average Bonchev–Trinajstić information content (AvgIpc) is 3.36. The van der Waals surface area contributed by atoms with Crippen LogP contribution in [0.15, 0.2) is 23.4 Å². The van der Waals surface area contributed by atoms with Crippen molar-refractivity contribution in [2.45, 2.75) is 30.6 Å². The molecule has 0 aromatic carbocycles. The van der Waals surface area contributed by atoms with E-state index in [4.69, 9.17) is 5.11 Å². The Kier molecular flexibility index (Phi) is 3.74. The molecule has 21 heavy (non-hydrogen) atoms. The molecule has 5 nitrogen and oxygen atoms in total. The Morgan fingerprint density at radius 2 is 2.14 bits per heavy atom. The van der Waals surface area contributed by atoms with E-state index >= 15 is 0 Å². The lowest BCUT2D eigenvalue weighted by molar-refractivity contribution is 0.350. The van der Waals surface area contributed by atoms with Crippen molar-refractivity contribution in [1.29, 1.82) is 0 Å². The summed E-state index contributed by atoms with van der Waals surface area (Å²) in [4.78, 5) is 4.03. The summed E-state index contributed by atoms with van der Waals surface area (Å²) in [6.45, 7) is 0.256. The third kappa shape index (κ3) is 3.26. The Morgan fingerprint density at radius 1 is 1.38 bits per heavy atom. The number of aliphatic hydroxyl groups is 1. The molecule has 2 N–H and O–H groups in total. The molecule has 1 heterocycles. The van der Waals surface area contributed by atoms with Crippen molar-refractivity contribution in [3.63, 3.8) is 0 Å². The van der Waals surface area contributed by atoms with Crippen LogP contribution in [0, 0.1) is 23.2 Å². The molecule has 0 bridgehead atoms. The lowest BCUT2D eigenvalue weighted by atomic mass is 10.0. The summed E-state index contributed by atoms with van der Waals surface area (Å²) in [5.41, 5.74) is 0.699. The molecule has 112 valence electrons. The number of aliphatic hydroxyl groups excluding tert-OH is 1. The predicted molar refractivity (Wildman–Crippen MR) is 77.8 cm³/mol. The maximum atomic E-state index is 12.3. The first kappa shape index (κ1) is 14.5. The van der Waals surface area contributed by atoms with Crippen LogP contribution in [0.4, 0.5) is 0 Å². The molecule has 0 radical (unpaired) electrons. The van der Waals surface area contributed by atoms with Gasteiger partial charge in [0.15, 0.2) is 0 Å². The monoisotopic (exact) mass is 306 g/mol. The van der Waals surface area contributed by atoms with Crippen molar-refractivity contribution in [3.05, 3.63) is 24.0 Å². The number of nitrogens with one attached hydrogen (secondary N) is 1. The third-order valence-electron chi connectivity index (χ3n) is 4.29. The highest BCUT2D eigenvalue weighted by atomic mass is 32.2. The van der Waals surface area contributed by atoms with E-state index in [9.17, 15) is 8.42 Å². The molecule has 0 amide bonds. The molecule has 6 heteroatoms. The number of hydrogen-bond donors (Lipinski definition) is 2. The summed E-state index contributed by atoms with van der Waals surface area (Å²) in [6.07, 6.45) is 7.52. The predicted octanol–water partition coefficient (Wildman–Crippen LogP) is 0.894. The van der Waals surface area contributed by atoms with Gasteiger partial charge in [-0.15, -0.1) is 0 Å². The summed E-state index contributed by atoms with van der Waals surface area (Å²) in [5.74, 6) is 5.86. The quantitative estimate of drug-likeness (QED) is 0.792. The second-order valence-corrected chi connectivity index (χ2v) is 7.60. The molecule has 2 saturated carbocycles. The van der Waals surface area contributed by atoms with E-state index in [-0.39, 0.29) is 16.9 Å². The van der Waals surface area contributed by atoms with Crippen LogP contribution in [-0.4, -0.2) is 31.7 Å². The molecule has 2 fully saturated rings. The Labute approximate surface area is 124 Å². The summed E-state index contributed by atoms with van der Waals surface area (Å²) < 4.78 is 27.4. The molecule has 0 spiro atoms. The van der Waals surface area contributed by atoms with Crippen molar-refractivity contribution in [3.8, 4) is 11.8 Å². The summed E-state index contributed by atoms with van der Waals surface area (Å²) >= 11 is 0. The molecular formula is C15H18N2O3S. The molecular weight excluding hydrogens is 288 g/mol. The molecule has 0 aliphatic heterocycles. The first-order valence-corrected chi connectivity index (χ1v) is 8.59. The minimum atomic E-state index is -3.55. The summed E-state index contributed by atoms with van der Waals surface area (Å²) in [5, 5.41) is 8.67. The number of rotatable bonds is 5. The summed E-state index contributed by atoms with van der Waals surface area (Å²) in [7, 11) is -3.55. The fraction of sp³-hybridized carbons (Fsp3) is 0.533. The van der Waals surface area contributed by atoms with E-state index in [1.165, 1.54) is 31.3 Å². The van der Waals surface area contributed by atoms with Gasteiger partial charge in [0.1, 0.15) is 11.5 Å². The highest BCUT2D eigenvalue weighted by Gasteiger charge is 2.53. The smallest absolute Gasteiger partial charge is 0.242 e. The second-order valence-electron chi connectivity index (χ2n) is 5.83. The van der Waals surface area contributed by atoms with Crippen LogP contribution < -0.4 is 4.72 Å². The van der Waals surface area contributed by atoms with Gasteiger partial charge < -0.3 is 5.11 Å². The van der Waals surface area contributed by atoms with Crippen LogP contribution in [0.5, 0.6) is 0 Å². The summed E-state index contributed by atoms with van der Waals surface area (Å²) in [6, 6.07) is 1.48. The molecule has 1 aromatic heterocycles. The van der Waals surface area contributed by atoms with Crippen LogP contribution in [0.25, 0.3) is 0 Å². The van der Waals surface area contributed by atoms with E-state index in [1.54, 1.807) is 0 Å². The van der Waals surface area contributed by atoms with Crippen molar-refractivity contribution >= 4 is 10.0 Å². The maximum absolute atomic E-state index is 12.3. The minimum absolute atomic E-state index is 0.124. The number of sulfonamides is 1. The highest BCUT2D eigenvalue weighted by molar-refractivity contribution is 7.89. The van der Waals surface area contributed by atoms with Crippen molar-refractivity contribution in [1.82, 2.24) is 9.71 Å². The van der Waals surface area contributed by atoms with Crippen LogP contribution in [0.1, 0.15) is 31.2 Å². The Balaban J connectivity index is 1.72. The van der Waals surface area contributed by atoms with Crippen LogP contribution in [0.3, 0.4) is 0 Å². The minimum Gasteiger partial charge on any atom is -0.384 e. The maximum Gasteiger partial charge on any atom is 0.242 e. The Bertz CT molecular complexity index is 695. The van der Waals surface area contributed by atoms with Gasteiger partial charge in [0.25, 0.3) is 0 Å². The van der Waals surface area contributed by atoms with Crippen molar-refractivity contribution < 1.29 is 13.5 Å². The molecule has 0 unspecified atom stereocenters. The van der Waals surface area contributed by atoms with E-state index in [1.807, 2.05) is 0 Å². The van der Waals surface area contributed by atoms with Gasteiger partial charge in [0.2, 0.25) is 10.0 Å². The Hall–Kier alpha value is -1.42. The second kappa shape index (κ2) is 5.41. The SMILES string of the molecule is O=S(=O)(NCC1(C2CC2)CC1)c1cncc(C#CCO)c1. The van der Waals surface area contributed by atoms with E-state index < -0.39 is 10.0 Å². The zero-order chi connectivity index (χ0) is 14.9. The van der Waals surface area contributed by atoms with Gasteiger partial charge >= 0.3 is 0 Å². The first-order valence-electron chi connectivity index (χ1n) is 7.10. The lowest BCUT2D eigenvalue weighted by Gasteiger charge is -2.15. The highest BCUT2D eigenvalue weighted by Crippen LogP contribution is 2.60. The molecule has 2 aliphatic carbocycles. The van der Waals surface area contributed by atoms with Crippen LogP contribution >= 0.6 is 0 Å². The first-order chi connectivity index (χ1) is 10.1. The molecule has 3 rings (SSSR count). The molecule has 0 atom stereocenters. The van der Waals surface area contributed by atoms with Crippen LogP contribution in [0.2, 0.25) is 0 Å². The van der Waals surface area contributed by atoms with E-state index in [0.29, 0.717) is 18.0 Å². The van der Waals surface area contributed by atoms with Crippen LogP contribution in [-0.2, 0) is 10.0 Å². The standard InChI is InChI=1S/C15H18N2O3S/c18-7-1-2-12-8-14(10-16-9-12)21(19,20)17-11-15(5-6-15)13-3-4-13/h8-10,13,17-18H,3-7,11H2. The zero-order valence-corrected chi connectivity index (χ0v) is 12.5. The molecule has 2 aliphatic rings. The fourth-order valence-corrected chi connectivity index (χ4v) is 3.81. The van der Waals surface area contributed by atoms with Gasteiger partial charge in [0, 0.05) is 24.5 Å². The number of nitrogens with zero attached hydrogens (tertiary/aromatic N) is 1. The lowest BCUT2D eigenvalue weighted by Crippen LogP contribution is -2.31. The molecule has 0 saturated heterocycles. The van der Waals surface area contributed by atoms with E-state index in [0.717, 1.165) is 12.8 Å². The topological polar surface area (TPSA) is 79.3 Å². The van der Waals surface area contributed by atoms with Gasteiger partial charge in [-0.2, -0.15) is 0 Å². The van der Waals surface area contributed by atoms with Gasteiger partial charge in [-0.3, -0.25) is 4.98 Å². The zero-order valence-electron chi connectivity index (χ0n) is 11.7. The van der Waals surface area contributed by atoms with Crippen molar-refractivity contribution in [2.24, 2.45) is 11.3 Å². The number of aromatic nitrogens is 1. The molecule has 1 aromatic rings.